The Morgan fingerprint density at radius 3 is 2.25 bits per heavy atom. The molecule has 2 aromatic carbocycles. The third-order valence-corrected chi connectivity index (χ3v) is 5.42. The minimum atomic E-state index is -0.186. The molecular weight excluding hydrogens is 350 g/mol. The third kappa shape index (κ3) is 5.44. The summed E-state index contributed by atoms with van der Waals surface area (Å²) in [5, 5.41) is 0. The molecule has 1 amide bonds. The van der Waals surface area contributed by atoms with Crippen molar-refractivity contribution >= 4 is 11.9 Å². The molecule has 3 rings (SSSR count). The van der Waals surface area contributed by atoms with Gasteiger partial charge in [0, 0.05) is 19.5 Å². The number of aryl methyl sites for hydroxylation is 1. The van der Waals surface area contributed by atoms with Crippen molar-refractivity contribution in [2.24, 2.45) is 5.92 Å². The van der Waals surface area contributed by atoms with E-state index in [1.165, 1.54) is 11.1 Å². The van der Waals surface area contributed by atoms with Crippen LogP contribution in [0.3, 0.4) is 0 Å². The molecule has 4 heteroatoms. The number of likely N-dealkylation sites (tertiary alicyclic amines) is 1. The number of amides is 1. The van der Waals surface area contributed by atoms with E-state index in [0.717, 1.165) is 6.42 Å². The highest BCUT2D eigenvalue weighted by atomic mass is 16.5. The molecule has 0 radical (unpaired) electrons. The van der Waals surface area contributed by atoms with E-state index in [0.29, 0.717) is 44.0 Å². The highest BCUT2D eigenvalue weighted by Crippen LogP contribution is 2.23. The monoisotopic (exact) mass is 379 g/mol. The lowest BCUT2D eigenvalue weighted by atomic mass is 9.96. The van der Waals surface area contributed by atoms with E-state index in [1.54, 1.807) is 0 Å². The second-order valence-corrected chi connectivity index (χ2v) is 7.79. The Labute approximate surface area is 167 Å². The predicted molar refractivity (Wildman–Crippen MR) is 110 cm³/mol. The van der Waals surface area contributed by atoms with E-state index in [4.69, 9.17) is 4.74 Å². The van der Waals surface area contributed by atoms with Crippen molar-refractivity contribution in [1.82, 2.24) is 4.90 Å². The first kappa shape index (κ1) is 20.1. The zero-order chi connectivity index (χ0) is 19.9. The van der Waals surface area contributed by atoms with Gasteiger partial charge < -0.3 is 9.64 Å². The minimum Gasteiger partial charge on any atom is -0.426 e. The van der Waals surface area contributed by atoms with Gasteiger partial charge in [-0.3, -0.25) is 9.59 Å². The van der Waals surface area contributed by atoms with Crippen LogP contribution in [-0.2, 0) is 16.0 Å². The van der Waals surface area contributed by atoms with E-state index in [9.17, 15) is 9.59 Å². The summed E-state index contributed by atoms with van der Waals surface area (Å²) in [4.78, 5) is 26.8. The number of nitrogens with zero attached hydrogens (tertiary/aromatic N) is 1. The van der Waals surface area contributed by atoms with Crippen LogP contribution in [0.25, 0.3) is 0 Å². The molecule has 2 aromatic rings. The third-order valence-electron chi connectivity index (χ3n) is 5.42. The van der Waals surface area contributed by atoms with Gasteiger partial charge >= 0.3 is 5.97 Å². The van der Waals surface area contributed by atoms with Gasteiger partial charge in [-0.2, -0.15) is 0 Å². The molecule has 148 valence electrons. The average molecular weight is 380 g/mol. The number of carbonyl (C=O) groups is 2. The molecule has 0 N–H and O–H groups in total. The maximum Gasteiger partial charge on any atom is 0.314 e. The SMILES string of the molecule is CC(C)c1ccc(OC(=O)C2CCN(C(=O)CCc3ccccc3)CC2)cc1. The minimum absolute atomic E-state index is 0.136. The Balaban J connectivity index is 1.43. The fourth-order valence-corrected chi connectivity index (χ4v) is 3.54. The number of benzene rings is 2. The Hall–Kier alpha value is -2.62. The molecule has 0 saturated carbocycles. The second kappa shape index (κ2) is 9.54. The summed E-state index contributed by atoms with van der Waals surface area (Å²) in [5.41, 5.74) is 2.40. The van der Waals surface area contributed by atoms with Crippen LogP contribution < -0.4 is 4.74 Å². The smallest absolute Gasteiger partial charge is 0.314 e. The molecule has 28 heavy (non-hydrogen) atoms. The van der Waals surface area contributed by atoms with E-state index < -0.39 is 0 Å². The fourth-order valence-electron chi connectivity index (χ4n) is 3.54. The van der Waals surface area contributed by atoms with Crippen LogP contribution in [0.15, 0.2) is 54.6 Å². The first-order valence-corrected chi connectivity index (χ1v) is 10.2. The lowest BCUT2D eigenvalue weighted by Gasteiger charge is -2.31. The lowest BCUT2D eigenvalue weighted by molar-refractivity contribution is -0.143. The van der Waals surface area contributed by atoms with Crippen molar-refractivity contribution in [3.63, 3.8) is 0 Å². The number of piperidine rings is 1. The average Bonchev–Trinajstić information content (AvgIpc) is 2.73. The molecule has 0 unspecified atom stereocenters. The molecule has 0 aromatic heterocycles. The van der Waals surface area contributed by atoms with Gasteiger partial charge in [0.15, 0.2) is 0 Å². The number of rotatable bonds is 6. The van der Waals surface area contributed by atoms with Gasteiger partial charge in [0.1, 0.15) is 5.75 Å². The van der Waals surface area contributed by atoms with Crippen LogP contribution in [0.5, 0.6) is 5.75 Å². The zero-order valence-electron chi connectivity index (χ0n) is 16.8. The van der Waals surface area contributed by atoms with Gasteiger partial charge in [0.2, 0.25) is 5.91 Å². The summed E-state index contributed by atoms with van der Waals surface area (Å²) in [6.45, 7) is 5.52. The number of hydrogen-bond acceptors (Lipinski definition) is 3. The zero-order valence-corrected chi connectivity index (χ0v) is 16.8. The molecule has 1 aliphatic rings. The van der Waals surface area contributed by atoms with E-state index in [-0.39, 0.29) is 17.8 Å². The molecule has 1 heterocycles. The lowest BCUT2D eigenvalue weighted by Crippen LogP contribution is -2.41. The summed E-state index contributed by atoms with van der Waals surface area (Å²) < 4.78 is 5.55. The summed E-state index contributed by atoms with van der Waals surface area (Å²) in [5.74, 6) is 0.890. The summed E-state index contributed by atoms with van der Waals surface area (Å²) in [6, 6.07) is 17.8. The van der Waals surface area contributed by atoms with Crippen LogP contribution in [0.4, 0.5) is 0 Å². The van der Waals surface area contributed by atoms with Gasteiger partial charge in [-0.15, -0.1) is 0 Å². The maximum absolute atomic E-state index is 12.4. The van der Waals surface area contributed by atoms with Crippen molar-refractivity contribution < 1.29 is 14.3 Å². The molecule has 1 saturated heterocycles. The molecule has 0 spiro atoms. The van der Waals surface area contributed by atoms with Crippen molar-refractivity contribution in [3.05, 3.63) is 65.7 Å². The van der Waals surface area contributed by atoms with Crippen LogP contribution in [0, 0.1) is 5.92 Å². The Kier molecular flexibility index (Phi) is 6.85. The second-order valence-electron chi connectivity index (χ2n) is 7.79. The van der Waals surface area contributed by atoms with E-state index in [1.807, 2.05) is 59.5 Å². The number of carbonyl (C=O) groups excluding carboxylic acids is 2. The normalized spacial score (nSPS) is 14.9. The molecule has 1 aliphatic heterocycles. The van der Waals surface area contributed by atoms with Crippen LogP contribution in [-0.4, -0.2) is 29.9 Å². The van der Waals surface area contributed by atoms with Crippen molar-refractivity contribution in [2.75, 3.05) is 13.1 Å². The molecule has 1 fully saturated rings. The summed E-state index contributed by atoms with van der Waals surface area (Å²) in [6.07, 6.45) is 2.61. The Bertz CT molecular complexity index is 775. The maximum atomic E-state index is 12.4. The van der Waals surface area contributed by atoms with Crippen LogP contribution in [0.1, 0.15) is 50.2 Å². The van der Waals surface area contributed by atoms with Gasteiger partial charge in [-0.05, 0) is 48.4 Å². The molecular formula is C24H29NO3. The van der Waals surface area contributed by atoms with Gasteiger partial charge in [-0.25, -0.2) is 0 Å². The topological polar surface area (TPSA) is 46.6 Å². The summed E-state index contributed by atoms with van der Waals surface area (Å²) >= 11 is 0. The van der Waals surface area contributed by atoms with Gasteiger partial charge in [-0.1, -0.05) is 56.3 Å². The van der Waals surface area contributed by atoms with Crippen LogP contribution >= 0.6 is 0 Å². The molecule has 0 atom stereocenters. The molecule has 0 bridgehead atoms. The first-order chi connectivity index (χ1) is 13.5. The first-order valence-electron chi connectivity index (χ1n) is 10.2. The fraction of sp³-hybridized carbons (Fsp3) is 0.417. The van der Waals surface area contributed by atoms with Crippen LogP contribution in [0.2, 0.25) is 0 Å². The van der Waals surface area contributed by atoms with E-state index >= 15 is 0 Å². The summed E-state index contributed by atoms with van der Waals surface area (Å²) in [7, 11) is 0. The van der Waals surface area contributed by atoms with E-state index in [2.05, 4.69) is 13.8 Å². The van der Waals surface area contributed by atoms with Crippen molar-refractivity contribution in [3.8, 4) is 5.75 Å². The Morgan fingerprint density at radius 2 is 1.64 bits per heavy atom. The number of hydrogen-bond donors (Lipinski definition) is 0. The van der Waals surface area contributed by atoms with Crippen molar-refractivity contribution in [1.29, 1.82) is 0 Å². The number of ether oxygens (including phenoxy) is 1. The quantitative estimate of drug-likeness (QED) is 0.545. The van der Waals surface area contributed by atoms with Crippen molar-refractivity contribution in [2.45, 2.75) is 45.4 Å². The largest absolute Gasteiger partial charge is 0.426 e. The number of esters is 1. The standard InChI is InChI=1S/C24H29NO3/c1-18(2)20-9-11-22(12-10-20)28-24(27)21-14-16-25(17-15-21)23(26)13-8-19-6-4-3-5-7-19/h3-7,9-12,18,21H,8,13-17H2,1-2H3. The van der Waals surface area contributed by atoms with Gasteiger partial charge in [0.05, 0.1) is 5.92 Å². The highest BCUT2D eigenvalue weighted by molar-refractivity contribution is 5.78. The Morgan fingerprint density at radius 1 is 1.00 bits per heavy atom. The highest BCUT2D eigenvalue weighted by Gasteiger charge is 2.28. The predicted octanol–water partition coefficient (Wildman–Crippen LogP) is 4.59. The van der Waals surface area contributed by atoms with Gasteiger partial charge in [0.25, 0.3) is 0 Å². The molecule has 0 aliphatic carbocycles. The molecule has 4 nitrogen and oxygen atoms in total.